The van der Waals surface area contributed by atoms with Crippen molar-refractivity contribution >= 4 is 17.9 Å². The van der Waals surface area contributed by atoms with E-state index in [2.05, 4.69) is 130 Å². The number of carbonyl (C=O) groups is 3. The molecule has 0 rings (SSSR count). The Labute approximate surface area is 387 Å². The molecule has 0 aromatic carbocycles. The van der Waals surface area contributed by atoms with Crippen LogP contribution in [0.1, 0.15) is 213 Å². The Balaban J connectivity index is 4.49. The zero-order chi connectivity index (χ0) is 45.8. The lowest BCUT2D eigenvalue weighted by molar-refractivity contribution is -0.167. The number of hydrogen-bond donors (Lipinski definition) is 0. The zero-order valence-corrected chi connectivity index (χ0v) is 40.5. The van der Waals surface area contributed by atoms with E-state index in [1.165, 1.54) is 0 Å². The van der Waals surface area contributed by atoms with E-state index in [0.717, 1.165) is 173 Å². The lowest BCUT2D eigenvalue weighted by Crippen LogP contribution is -2.30. The maximum absolute atomic E-state index is 12.8. The van der Waals surface area contributed by atoms with E-state index >= 15 is 0 Å². The van der Waals surface area contributed by atoms with E-state index in [4.69, 9.17) is 14.2 Å². The van der Waals surface area contributed by atoms with E-state index in [-0.39, 0.29) is 31.1 Å². The average molecular weight is 873 g/mol. The predicted octanol–water partition coefficient (Wildman–Crippen LogP) is 16.8. The maximum atomic E-state index is 12.8. The van der Waals surface area contributed by atoms with Crippen LogP contribution in [0.4, 0.5) is 0 Å². The molecule has 0 aliphatic carbocycles. The highest BCUT2D eigenvalue weighted by Gasteiger charge is 2.19. The summed E-state index contributed by atoms with van der Waals surface area (Å²) in [6.45, 7) is 6.24. The molecular formula is C57H92O6. The molecule has 0 saturated heterocycles. The summed E-state index contributed by atoms with van der Waals surface area (Å²) >= 11 is 0. The minimum Gasteiger partial charge on any atom is -0.462 e. The van der Waals surface area contributed by atoms with Crippen molar-refractivity contribution in [3.05, 3.63) is 109 Å². The lowest BCUT2D eigenvalue weighted by atomic mass is 10.1. The molecule has 0 fully saturated rings. The number of allylic oxidation sites excluding steroid dienone is 18. The van der Waals surface area contributed by atoms with Gasteiger partial charge in [0, 0.05) is 19.3 Å². The quantitative estimate of drug-likeness (QED) is 0.0263. The van der Waals surface area contributed by atoms with Crippen molar-refractivity contribution in [1.29, 1.82) is 0 Å². The smallest absolute Gasteiger partial charge is 0.306 e. The van der Waals surface area contributed by atoms with Gasteiger partial charge in [0.15, 0.2) is 6.10 Å². The van der Waals surface area contributed by atoms with E-state index in [1.54, 1.807) is 0 Å². The number of rotatable bonds is 44. The lowest BCUT2D eigenvalue weighted by Gasteiger charge is -2.18. The van der Waals surface area contributed by atoms with Crippen LogP contribution in [0.25, 0.3) is 0 Å². The first-order valence-electron chi connectivity index (χ1n) is 25.4. The van der Waals surface area contributed by atoms with Crippen LogP contribution < -0.4 is 0 Å². The second-order valence-electron chi connectivity index (χ2n) is 16.3. The molecule has 6 nitrogen and oxygen atoms in total. The van der Waals surface area contributed by atoms with Crippen LogP contribution in [0.5, 0.6) is 0 Å². The molecule has 0 spiro atoms. The number of esters is 3. The zero-order valence-electron chi connectivity index (χ0n) is 40.5. The molecule has 0 atom stereocenters. The number of unbranched alkanes of at least 4 members (excludes halogenated alkanes) is 15. The number of carbonyl (C=O) groups excluding carboxylic acids is 3. The predicted molar refractivity (Wildman–Crippen MR) is 270 cm³/mol. The Morgan fingerprint density at radius 2 is 0.571 bits per heavy atom. The minimum atomic E-state index is -0.803. The summed E-state index contributed by atoms with van der Waals surface area (Å²) in [4.78, 5) is 38.0. The molecule has 0 radical (unpaired) electrons. The van der Waals surface area contributed by atoms with Crippen molar-refractivity contribution in [2.75, 3.05) is 13.2 Å². The highest BCUT2D eigenvalue weighted by molar-refractivity contribution is 5.71. The van der Waals surface area contributed by atoms with Crippen molar-refractivity contribution in [2.45, 2.75) is 219 Å². The Morgan fingerprint density at radius 3 is 0.889 bits per heavy atom. The number of ether oxygens (including phenoxy) is 3. The Kier molecular flexibility index (Phi) is 47.5. The van der Waals surface area contributed by atoms with Gasteiger partial charge in [-0.2, -0.15) is 0 Å². The first-order valence-corrected chi connectivity index (χ1v) is 25.4. The molecule has 0 aromatic rings. The molecule has 0 aromatic heterocycles. The van der Waals surface area contributed by atoms with Crippen molar-refractivity contribution in [2.24, 2.45) is 0 Å². The molecule has 0 N–H and O–H groups in total. The van der Waals surface area contributed by atoms with Crippen LogP contribution in [0.2, 0.25) is 0 Å². The van der Waals surface area contributed by atoms with Gasteiger partial charge in [-0.25, -0.2) is 0 Å². The van der Waals surface area contributed by atoms with Gasteiger partial charge in [-0.05, 0) is 116 Å². The average Bonchev–Trinajstić information content (AvgIpc) is 3.28. The van der Waals surface area contributed by atoms with Gasteiger partial charge in [0.1, 0.15) is 13.2 Å². The molecule has 356 valence electrons. The molecule has 0 aliphatic rings. The molecule has 0 heterocycles. The molecular weight excluding hydrogens is 781 g/mol. The molecule has 0 saturated carbocycles. The molecule has 63 heavy (non-hydrogen) atoms. The van der Waals surface area contributed by atoms with E-state index in [0.29, 0.717) is 19.3 Å². The molecule has 6 heteroatoms. The second-order valence-corrected chi connectivity index (χ2v) is 16.3. The van der Waals surface area contributed by atoms with Crippen LogP contribution in [0, 0.1) is 0 Å². The summed E-state index contributed by atoms with van der Waals surface area (Å²) in [5.74, 6) is -0.958. The fourth-order valence-electron chi connectivity index (χ4n) is 6.54. The highest BCUT2D eigenvalue weighted by Crippen LogP contribution is 2.13. The van der Waals surface area contributed by atoms with Gasteiger partial charge in [0.2, 0.25) is 0 Å². The summed E-state index contributed by atoms with van der Waals surface area (Å²) in [7, 11) is 0. The SMILES string of the molecule is CC/C=C/C/C=C/C/C=C/CCCCCCCC(=O)OCC(COC(=O)CCCCCCC/C=C/C/C=C/C/C=C/CC)OC(=O)CCCCCCC/C=C/C/C=C/C/C=C/CC. The molecule has 0 bridgehead atoms. The van der Waals surface area contributed by atoms with Crippen LogP contribution in [-0.2, 0) is 28.6 Å². The van der Waals surface area contributed by atoms with Crippen LogP contribution in [0.15, 0.2) is 109 Å². The van der Waals surface area contributed by atoms with Crippen molar-refractivity contribution in [3.8, 4) is 0 Å². The normalized spacial score (nSPS) is 12.6. The maximum Gasteiger partial charge on any atom is 0.306 e. The van der Waals surface area contributed by atoms with Crippen molar-refractivity contribution in [3.63, 3.8) is 0 Å². The van der Waals surface area contributed by atoms with Gasteiger partial charge in [0.05, 0.1) is 0 Å². The monoisotopic (exact) mass is 873 g/mol. The first-order chi connectivity index (χ1) is 31.0. The summed E-state index contributed by atoms with van der Waals surface area (Å²) in [6.07, 6.45) is 67.8. The number of hydrogen-bond acceptors (Lipinski definition) is 6. The topological polar surface area (TPSA) is 78.9 Å². The fourth-order valence-corrected chi connectivity index (χ4v) is 6.54. The summed E-state index contributed by atoms with van der Waals surface area (Å²) < 4.78 is 16.8. The van der Waals surface area contributed by atoms with Gasteiger partial charge < -0.3 is 14.2 Å². The summed E-state index contributed by atoms with van der Waals surface area (Å²) in [5.41, 5.74) is 0. The fraction of sp³-hybridized carbons (Fsp3) is 0.632. The van der Waals surface area contributed by atoms with E-state index < -0.39 is 6.10 Å². The van der Waals surface area contributed by atoms with Crippen molar-refractivity contribution in [1.82, 2.24) is 0 Å². The van der Waals surface area contributed by atoms with Crippen molar-refractivity contribution < 1.29 is 28.6 Å². The second kappa shape index (κ2) is 50.7. The highest BCUT2D eigenvalue weighted by atomic mass is 16.6. The molecule has 0 unspecified atom stereocenters. The third-order valence-corrected chi connectivity index (χ3v) is 10.3. The van der Waals surface area contributed by atoms with Gasteiger partial charge in [0.25, 0.3) is 0 Å². The summed E-state index contributed by atoms with van der Waals surface area (Å²) in [6, 6.07) is 0. The Bertz CT molecular complexity index is 1260. The third-order valence-electron chi connectivity index (χ3n) is 10.3. The first kappa shape index (κ1) is 59.1. The molecule has 0 amide bonds. The minimum absolute atomic E-state index is 0.102. The van der Waals surface area contributed by atoms with Gasteiger partial charge in [-0.15, -0.1) is 0 Å². The largest absolute Gasteiger partial charge is 0.462 e. The Morgan fingerprint density at radius 1 is 0.317 bits per heavy atom. The van der Waals surface area contributed by atoms with E-state index in [1.807, 2.05) is 0 Å². The standard InChI is InChI=1S/C57H92O6/c1-4-7-10-13-16-19-22-25-28-31-34-37-40-43-46-49-55(58)61-52-54(63-57(60)51-48-45-42-39-36-33-30-27-24-21-18-15-12-9-6-3)53-62-56(59)50-47-44-41-38-35-32-29-26-23-20-17-14-11-8-5-2/h7-12,16-21,25-30,54H,4-6,13-15,22-24,31-53H2,1-3H3/b10-7+,11-8+,12-9+,19-16+,20-17+,21-18+,28-25+,29-26+,30-27+. The van der Waals surface area contributed by atoms with E-state index in [9.17, 15) is 14.4 Å². The summed E-state index contributed by atoms with van der Waals surface area (Å²) in [5, 5.41) is 0. The van der Waals surface area contributed by atoms with Gasteiger partial charge in [-0.3, -0.25) is 14.4 Å². The third kappa shape index (κ3) is 49.0. The van der Waals surface area contributed by atoms with Gasteiger partial charge in [-0.1, -0.05) is 188 Å². The van der Waals surface area contributed by atoms with Crippen LogP contribution in [-0.4, -0.2) is 37.2 Å². The van der Waals surface area contributed by atoms with Gasteiger partial charge >= 0.3 is 17.9 Å². The van der Waals surface area contributed by atoms with Crippen LogP contribution >= 0.6 is 0 Å². The molecule has 0 aliphatic heterocycles. The van der Waals surface area contributed by atoms with Crippen LogP contribution in [0.3, 0.4) is 0 Å². The Hall–Kier alpha value is -3.93.